The lowest BCUT2D eigenvalue weighted by Crippen LogP contribution is -2.26. The highest BCUT2D eigenvalue weighted by Gasteiger charge is 2.12. The van der Waals surface area contributed by atoms with Crippen molar-refractivity contribution in [1.29, 1.82) is 0 Å². The molecule has 2 rings (SSSR count). The molecule has 0 saturated heterocycles. The Labute approximate surface area is 118 Å². The van der Waals surface area contributed by atoms with Crippen LogP contribution in [0, 0.1) is 6.92 Å². The fraction of sp³-hybridized carbons (Fsp3) is 0.312. The molecule has 0 atom stereocenters. The van der Waals surface area contributed by atoms with Crippen molar-refractivity contribution in [1.82, 2.24) is 4.57 Å². The number of aromatic nitrogens is 1. The predicted octanol–water partition coefficient (Wildman–Crippen LogP) is 2.31. The van der Waals surface area contributed by atoms with Gasteiger partial charge in [-0.1, -0.05) is 17.7 Å². The summed E-state index contributed by atoms with van der Waals surface area (Å²) in [5.74, 6) is 0.762. The van der Waals surface area contributed by atoms with E-state index < -0.39 is 0 Å². The molecule has 20 heavy (non-hydrogen) atoms. The number of pyridine rings is 1. The molecule has 0 bridgehead atoms. The van der Waals surface area contributed by atoms with Gasteiger partial charge in [0.05, 0.1) is 12.8 Å². The summed E-state index contributed by atoms with van der Waals surface area (Å²) >= 11 is 0. The molecule has 0 amide bonds. The fourth-order valence-corrected chi connectivity index (χ4v) is 2.35. The first-order valence-corrected chi connectivity index (χ1v) is 6.70. The maximum Gasteiger partial charge on any atom is 0.255 e. The third kappa shape index (κ3) is 2.47. The zero-order valence-corrected chi connectivity index (χ0v) is 12.1. The molecule has 0 radical (unpaired) electrons. The topological polar surface area (TPSA) is 57.2 Å². The summed E-state index contributed by atoms with van der Waals surface area (Å²) in [7, 11) is 1.64. The second kappa shape index (κ2) is 5.92. The van der Waals surface area contributed by atoms with Crippen molar-refractivity contribution in [3.05, 3.63) is 51.8 Å². The molecule has 0 saturated carbocycles. The predicted molar refractivity (Wildman–Crippen MR) is 81.0 cm³/mol. The van der Waals surface area contributed by atoms with E-state index >= 15 is 0 Å². The van der Waals surface area contributed by atoms with Gasteiger partial charge in [0.1, 0.15) is 5.75 Å². The van der Waals surface area contributed by atoms with Gasteiger partial charge in [0, 0.05) is 24.2 Å². The van der Waals surface area contributed by atoms with Crippen molar-refractivity contribution in [2.75, 3.05) is 7.11 Å². The Balaban J connectivity index is 2.73. The summed E-state index contributed by atoms with van der Waals surface area (Å²) in [6, 6.07) is 9.68. The largest absolute Gasteiger partial charge is 0.496 e. The molecule has 2 N–H and O–H groups in total. The van der Waals surface area contributed by atoms with E-state index in [9.17, 15) is 4.79 Å². The molecular weight excluding hydrogens is 252 g/mol. The molecule has 0 spiro atoms. The van der Waals surface area contributed by atoms with Crippen LogP contribution in [0.5, 0.6) is 5.75 Å². The molecule has 0 unspecified atom stereocenters. The molecule has 1 heterocycles. The minimum absolute atomic E-state index is 0.0314. The van der Waals surface area contributed by atoms with E-state index in [0.29, 0.717) is 12.1 Å². The number of nitrogens with two attached hydrogens (primary N) is 1. The summed E-state index contributed by atoms with van der Waals surface area (Å²) in [5, 5.41) is 0. The van der Waals surface area contributed by atoms with E-state index in [-0.39, 0.29) is 12.1 Å². The molecule has 4 heteroatoms. The lowest BCUT2D eigenvalue weighted by molar-refractivity contribution is 0.416. The van der Waals surface area contributed by atoms with Crippen LogP contribution in [0.25, 0.3) is 11.3 Å². The molecule has 4 nitrogen and oxygen atoms in total. The van der Waals surface area contributed by atoms with Crippen LogP contribution in [0.4, 0.5) is 0 Å². The summed E-state index contributed by atoms with van der Waals surface area (Å²) in [4.78, 5) is 12.4. The molecule has 0 aliphatic rings. The Bertz CT molecular complexity index is 675. The third-order valence-corrected chi connectivity index (χ3v) is 3.42. The monoisotopic (exact) mass is 272 g/mol. The number of benzene rings is 1. The Morgan fingerprint density at radius 1 is 1.25 bits per heavy atom. The maximum atomic E-state index is 12.4. The zero-order valence-electron chi connectivity index (χ0n) is 12.1. The van der Waals surface area contributed by atoms with E-state index in [2.05, 4.69) is 0 Å². The highest BCUT2D eigenvalue weighted by molar-refractivity contribution is 5.68. The highest BCUT2D eigenvalue weighted by Crippen LogP contribution is 2.30. The van der Waals surface area contributed by atoms with Crippen molar-refractivity contribution in [2.24, 2.45) is 5.73 Å². The van der Waals surface area contributed by atoms with Gasteiger partial charge in [-0.3, -0.25) is 4.79 Å². The SMILES string of the molecule is CCn1c(-c2cc(C)ccc2OC)ccc(CN)c1=O. The molecular formula is C16H20N2O2. The van der Waals surface area contributed by atoms with E-state index in [4.69, 9.17) is 10.5 Å². The maximum absolute atomic E-state index is 12.4. The standard InChI is InChI=1S/C16H20N2O2/c1-4-18-14(7-6-12(10-17)16(18)19)13-9-11(2)5-8-15(13)20-3/h5-9H,4,10,17H2,1-3H3. The fourth-order valence-electron chi connectivity index (χ4n) is 2.35. The number of ether oxygens (including phenoxy) is 1. The quantitative estimate of drug-likeness (QED) is 0.929. The Kier molecular flexibility index (Phi) is 4.25. The van der Waals surface area contributed by atoms with Crippen LogP contribution in [0.1, 0.15) is 18.1 Å². The van der Waals surface area contributed by atoms with Crippen LogP contribution in [-0.2, 0) is 13.1 Å². The average molecular weight is 272 g/mol. The number of aryl methyl sites for hydroxylation is 1. The van der Waals surface area contributed by atoms with E-state index in [1.165, 1.54) is 0 Å². The van der Waals surface area contributed by atoms with Crippen molar-refractivity contribution in [3.63, 3.8) is 0 Å². The highest BCUT2D eigenvalue weighted by atomic mass is 16.5. The lowest BCUT2D eigenvalue weighted by Gasteiger charge is -2.15. The van der Waals surface area contributed by atoms with Crippen molar-refractivity contribution >= 4 is 0 Å². The normalized spacial score (nSPS) is 10.6. The Hall–Kier alpha value is -2.07. The third-order valence-electron chi connectivity index (χ3n) is 3.42. The molecule has 0 aliphatic heterocycles. The van der Waals surface area contributed by atoms with Crippen LogP contribution in [0.3, 0.4) is 0 Å². The van der Waals surface area contributed by atoms with Gasteiger partial charge in [-0.15, -0.1) is 0 Å². The van der Waals surface area contributed by atoms with Crippen molar-refractivity contribution in [2.45, 2.75) is 26.9 Å². The van der Waals surface area contributed by atoms with Crippen LogP contribution < -0.4 is 16.0 Å². The summed E-state index contributed by atoms with van der Waals surface area (Å²) in [5.41, 5.74) is 9.11. The van der Waals surface area contributed by atoms with Crippen molar-refractivity contribution < 1.29 is 4.74 Å². The van der Waals surface area contributed by atoms with Crippen molar-refractivity contribution in [3.8, 4) is 17.0 Å². The first kappa shape index (κ1) is 14.3. The molecule has 1 aromatic carbocycles. The van der Waals surface area contributed by atoms with Gasteiger partial charge in [0.15, 0.2) is 0 Å². The molecule has 1 aromatic heterocycles. The number of nitrogens with zero attached hydrogens (tertiary/aromatic N) is 1. The zero-order chi connectivity index (χ0) is 14.7. The van der Waals surface area contributed by atoms with Gasteiger partial charge in [0.2, 0.25) is 0 Å². The smallest absolute Gasteiger partial charge is 0.255 e. The summed E-state index contributed by atoms with van der Waals surface area (Å²) in [6.07, 6.45) is 0. The first-order valence-electron chi connectivity index (χ1n) is 6.70. The Morgan fingerprint density at radius 2 is 2.00 bits per heavy atom. The van der Waals surface area contributed by atoms with E-state index in [1.807, 2.05) is 38.1 Å². The van der Waals surface area contributed by atoms with Gasteiger partial charge in [-0.05, 0) is 32.0 Å². The van der Waals surface area contributed by atoms with Gasteiger partial charge >= 0.3 is 0 Å². The second-order valence-electron chi connectivity index (χ2n) is 4.70. The average Bonchev–Trinajstić information content (AvgIpc) is 2.46. The summed E-state index contributed by atoms with van der Waals surface area (Å²) in [6.45, 7) is 4.82. The number of hydrogen-bond donors (Lipinski definition) is 1. The minimum atomic E-state index is -0.0314. The molecule has 0 aliphatic carbocycles. The molecule has 0 fully saturated rings. The number of rotatable bonds is 4. The number of methoxy groups -OCH3 is 1. The second-order valence-corrected chi connectivity index (χ2v) is 4.70. The van der Waals surface area contributed by atoms with E-state index in [0.717, 1.165) is 22.6 Å². The van der Waals surface area contributed by atoms with Gasteiger partial charge in [-0.25, -0.2) is 0 Å². The molecule has 2 aromatic rings. The van der Waals surface area contributed by atoms with Crippen LogP contribution >= 0.6 is 0 Å². The molecule has 106 valence electrons. The van der Waals surface area contributed by atoms with Crippen LogP contribution in [-0.4, -0.2) is 11.7 Å². The van der Waals surface area contributed by atoms with Gasteiger partial charge in [-0.2, -0.15) is 0 Å². The van der Waals surface area contributed by atoms with Crippen LogP contribution in [0.2, 0.25) is 0 Å². The van der Waals surface area contributed by atoms with Crippen LogP contribution in [0.15, 0.2) is 35.1 Å². The number of hydrogen-bond acceptors (Lipinski definition) is 3. The summed E-state index contributed by atoms with van der Waals surface area (Å²) < 4.78 is 7.15. The first-order chi connectivity index (χ1) is 9.62. The lowest BCUT2D eigenvalue weighted by atomic mass is 10.1. The van der Waals surface area contributed by atoms with Gasteiger partial charge < -0.3 is 15.0 Å². The minimum Gasteiger partial charge on any atom is -0.496 e. The Morgan fingerprint density at radius 3 is 2.60 bits per heavy atom. The van der Waals surface area contributed by atoms with E-state index in [1.54, 1.807) is 17.7 Å². The van der Waals surface area contributed by atoms with Gasteiger partial charge in [0.25, 0.3) is 5.56 Å².